The van der Waals surface area contributed by atoms with Crippen LogP contribution in [0.25, 0.3) is 0 Å². The molecule has 11 nitrogen and oxygen atoms in total. The van der Waals surface area contributed by atoms with Crippen molar-refractivity contribution in [3.05, 3.63) is 58.8 Å². The molecule has 0 heterocycles. The molecular formula is C14H10FeO11Ru. The Morgan fingerprint density at radius 1 is 0.741 bits per heavy atom. The fourth-order valence-corrected chi connectivity index (χ4v) is 0.527. The van der Waals surface area contributed by atoms with Crippen molar-refractivity contribution in [2.75, 3.05) is 21.3 Å². The standard InChI is InChI=1S/C8H10O5.6CO.Fe.Ru/c1-11-5-6(8(10)13-3)4-7(9)12-2;6*1-2;;/h4H,1-3H3;;;;;;;;/q-1;;;;;;;;+1. The van der Waals surface area contributed by atoms with Gasteiger partial charge in [0.05, 0.1) is 20.6 Å². The van der Waals surface area contributed by atoms with Crippen molar-refractivity contribution in [2.45, 2.75) is 0 Å². The van der Waals surface area contributed by atoms with Gasteiger partial charge in [-0.3, -0.25) is 9.59 Å². The number of methoxy groups -OCH3 is 3. The summed E-state index contributed by atoms with van der Waals surface area (Å²) in [6, 6.07) is 0. The first-order valence-electron chi connectivity index (χ1n) is 4.55. The molecule has 148 valence electrons. The summed E-state index contributed by atoms with van der Waals surface area (Å²) in [7, 11) is 3.68. The van der Waals surface area contributed by atoms with Crippen molar-refractivity contribution in [1.82, 2.24) is 0 Å². The van der Waals surface area contributed by atoms with Crippen LogP contribution in [-0.4, -0.2) is 33.3 Å². The summed E-state index contributed by atoms with van der Waals surface area (Å²) >= 11 is 0. The molecule has 0 bridgehead atoms. The number of carbonyl (C=O) groups excluding carboxylic acids is 2. The van der Waals surface area contributed by atoms with Crippen LogP contribution in [0.4, 0.5) is 0 Å². The molecule has 0 aliphatic carbocycles. The van der Waals surface area contributed by atoms with Gasteiger partial charge in [0.1, 0.15) is 0 Å². The molecule has 0 aromatic carbocycles. The molecule has 0 unspecified atom stereocenters. The van der Waals surface area contributed by atoms with E-state index in [2.05, 4.69) is 60.7 Å². The van der Waals surface area contributed by atoms with Crippen molar-refractivity contribution < 1.29 is 88.3 Å². The van der Waals surface area contributed by atoms with E-state index >= 15 is 0 Å². The molecule has 0 spiro atoms. The monoisotopic (exact) mass is 512 g/mol. The van der Waals surface area contributed by atoms with Crippen LogP contribution < -0.4 is 0 Å². The Hall–Kier alpha value is -1.52. The molecular weight excluding hydrogens is 501 g/mol. The van der Waals surface area contributed by atoms with Crippen LogP contribution in [0.5, 0.6) is 0 Å². The quantitative estimate of drug-likeness (QED) is 0.210. The fourth-order valence-electron chi connectivity index (χ4n) is 0.527. The Morgan fingerprint density at radius 3 is 1.22 bits per heavy atom. The number of hydrogen-bond acceptors (Lipinski definition) is 5. The topological polar surface area (TPSA) is 181 Å². The van der Waals surface area contributed by atoms with Crippen molar-refractivity contribution in [2.24, 2.45) is 0 Å². The third kappa shape index (κ3) is 68.1. The van der Waals surface area contributed by atoms with E-state index in [1.165, 1.54) is 21.3 Å². The molecule has 4 radical (unpaired) electrons. The smallest absolute Gasteiger partial charge is 0 e. The largest absolute Gasteiger partial charge is 1.00 e. The molecule has 0 rings (SSSR count). The number of esters is 2. The number of carbonyl (C=O) groups is 2. The zero-order valence-corrected chi connectivity index (χ0v) is 16.6. The Labute approximate surface area is 180 Å². The van der Waals surface area contributed by atoms with Crippen LogP contribution in [0.2, 0.25) is 0 Å². The van der Waals surface area contributed by atoms with Crippen LogP contribution in [0.15, 0.2) is 0 Å². The Bertz CT molecular complexity index is 353. The summed E-state index contributed by atoms with van der Waals surface area (Å²) in [6.45, 7) is 29.2. The Balaban J connectivity index is -0.0000000282. The first kappa shape index (κ1) is 56.2. The molecule has 0 aliphatic rings. The fraction of sp³-hybridized carbons (Fsp3) is 0.214. The van der Waals surface area contributed by atoms with E-state index in [1.807, 2.05) is 0 Å². The van der Waals surface area contributed by atoms with Gasteiger partial charge >= 0.3 is 93.3 Å². The second-order valence-electron chi connectivity index (χ2n) is 1.88. The molecule has 13 heteroatoms. The van der Waals surface area contributed by atoms with Crippen molar-refractivity contribution in [1.29, 1.82) is 0 Å². The predicted molar refractivity (Wildman–Crippen MR) is 65.4 cm³/mol. The van der Waals surface area contributed by atoms with Gasteiger partial charge in [-0.05, 0) is 7.11 Å². The maximum Gasteiger partial charge on any atom is 1.00 e. The second kappa shape index (κ2) is 86.6. The van der Waals surface area contributed by atoms with E-state index in [1.54, 1.807) is 0 Å². The third-order valence-electron chi connectivity index (χ3n) is 1.08. The van der Waals surface area contributed by atoms with Gasteiger partial charge in [0.25, 0.3) is 5.97 Å². The molecule has 27 heavy (non-hydrogen) atoms. The SMILES string of the molecule is CO[C-][C]([CH]C(=O)OC)C(=O)OC.[C-]#[O+].[C-]#[O+].[C-]#[O+].[C-]#[O+].[C-]#[O+].[C-]#[O+].[Fe].[Ru+]. The molecule has 0 saturated carbocycles. The normalized spacial score (nSPS) is 5.19. The summed E-state index contributed by atoms with van der Waals surface area (Å²) in [5, 5.41) is 0. The minimum atomic E-state index is -0.716. The summed E-state index contributed by atoms with van der Waals surface area (Å²) in [4.78, 5) is 21.6. The van der Waals surface area contributed by atoms with E-state index < -0.39 is 11.9 Å². The maximum atomic E-state index is 10.9. The van der Waals surface area contributed by atoms with Crippen LogP contribution >= 0.6 is 0 Å². The Morgan fingerprint density at radius 2 is 1.04 bits per heavy atom. The van der Waals surface area contributed by atoms with Crippen LogP contribution in [0, 0.1) is 58.8 Å². The second-order valence-corrected chi connectivity index (χ2v) is 1.88. The number of ether oxygens (including phenoxy) is 3. The van der Waals surface area contributed by atoms with Gasteiger partial charge in [-0.25, -0.2) is 0 Å². The number of hydrogen-bond donors (Lipinski definition) is 0. The van der Waals surface area contributed by atoms with Gasteiger partial charge in [-0.1, -0.05) is 5.92 Å². The first-order valence-corrected chi connectivity index (χ1v) is 4.55. The minimum absolute atomic E-state index is 0. The van der Waals surface area contributed by atoms with E-state index in [9.17, 15) is 9.59 Å². The zero-order chi connectivity index (χ0) is 22.3. The molecule has 0 aromatic rings. The third-order valence-corrected chi connectivity index (χ3v) is 1.08. The predicted octanol–water partition coefficient (Wildman–Crippen LogP) is -0.434. The van der Waals surface area contributed by atoms with Gasteiger partial charge in [0, 0.05) is 17.1 Å². The molecule has 0 aliphatic heterocycles. The average Bonchev–Trinajstić information content (AvgIpc) is 2.75. The number of rotatable bonds is 5. The molecule has 0 aromatic heterocycles. The van der Waals surface area contributed by atoms with Gasteiger partial charge in [-0.2, -0.15) is 0 Å². The molecule has 0 amide bonds. The van der Waals surface area contributed by atoms with Gasteiger partial charge in [0.15, 0.2) is 0 Å². The van der Waals surface area contributed by atoms with E-state index in [0.717, 1.165) is 6.42 Å². The van der Waals surface area contributed by atoms with E-state index in [-0.39, 0.29) is 42.5 Å². The summed E-state index contributed by atoms with van der Waals surface area (Å²) in [5.74, 6) is -1.52. The van der Waals surface area contributed by atoms with Gasteiger partial charge in [0.2, 0.25) is 0 Å². The van der Waals surface area contributed by atoms with Crippen LogP contribution in [-0.2, 0) is 88.3 Å². The summed E-state index contributed by atoms with van der Waals surface area (Å²) < 4.78 is 58.1. The zero-order valence-electron chi connectivity index (χ0n) is 13.8. The summed E-state index contributed by atoms with van der Waals surface area (Å²) in [5.41, 5.74) is 0. The van der Waals surface area contributed by atoms with Crippen molar-refractivity contribution in [3.63, 3.8) is 0 Å². The van der Waals surface area contributed by atoms with Crippen LogP contribution in [0.1, 0.15) is 0 Å². The van der Waals surface area contributed by atoms with Crippen molar-refractivity contribution in [3.8, 4) is 0 Å². The van der Waals surface area contributed by atoms with Gasteiger partial charge in [-0.15, -0.1) is 0 Å². The molecule has 0 saturated heterocycles. The first-order chi connectivity index (χ1) is 12.2. The van der Waals surface area contributed by atoms with E-state index in [4.69, 9.17) is 27.9 Å². The minimum Gasteiger partial charge on any atom is 0 e. The van der Waals surface area contributed by atoms with Crippen molar-refractivity contribution >= 4 is 11.9 Å². The molecule has 0 atom stereocenters. The van der Waals surface area contributed by atoms with E-state index in [0.29, 0.717) is 0 Å². The Kier molecular flexibility index (Phi) is 180. The van der Waals surface area contributed by atoms with Crippen LogP contribution in [0.3, 0.4) is 0 Å². The summed E-state index contributed by atoms with van der Waals surface area (Å²) in [6.07, 6.45) is 0.926. The molecule has 0 fully saturated rings. The maximum absolute atomic E-state index is 10.9. The molecule has 0 N–H and O–H groups in total. The van der Waals surface area contributed by atoms with Gasteiger partial charge < -0.3 is 20.8 Å². The average molecular weight is 511 g/mol.